The first-order chi connectivity index (χ1) is 18.0. The van der Waals surface area contributed by atoms with Crippen molar-refractivity contribution in [2.75, 3.05) is 0 Å². The van der Waals surface area contributed by atoms with Crippen LogP contribution in [0.15, 0.2) is 25.0 Å². The molecular formula is C23H35N9O6. The highest BCUT2D eigenvalue weighted by Crippen LogP contribution is 2.09. The molecule has 4 amide bonds. The van der Waals surface area contributed by atoms with Crippen molar-refractivity contribution >= 4 is 29.6 Å². The van der Waals surface area contributed by atoms with Gasteiger partial charge < -0.3 is 42.5 Å². The summed E-state index contributed by atoms with van der Waals surface area (Å²) in [5, 5.41) is 17.1. The Balaban J connectivity index is 2.12. The van der Waals surface area contributed by atoms with E-state index < -0.39 is 53.8 Å². The van der Waals surface area contributed by atoms with Crippen LogP contribution >= 0.6 is 0 Å². The Morgan fingerprint density at radius 3 is 1.89 bits per heavy atom. The van der Waals surface area contributed by atoms with Crippen molar-refractivity contribution in [3.05, 3.63) is 36.4 Å². The summed E-state index contributed by atoms with van der Waals surface area (Å²) in [5.74, 6) is -4.11. The van der Waals surface area contributed by atoms with Crippen molar-refractivity contribution in [3.63, 3.8) is 0 Å². The molecule has 208 valence electrons. The largest absolute Gasteiger partial charge is 0.480 e. The minimum Gasteiger partial charge on any atom is -0.480 e. The molecule has 4 unspecified atom stereocenters. The summed E-state index contributed by atoms with van der Waals surface area (Å²) >= 11 is 0. The van der Waals surface area contributed by atoms with E-state index in [2.05, 4.69) is 35.9 Å². The second-order valence-corrected chi connectivity index (χ2v) is 9.32. The molecular weight excluding hydrogens is 498 g/mol. The van der Waals surface area contributed by atoms with Gasteiger partial charge in [0.1, 0.15) is 18.1 Å². The monoisotopic (exact) mass is 533 g/mol. The molecule has 38 heavy (non-hydrogen) atoms. The number of aromatic nitrogens is 4. The summed E-state index contributed by atoms with van der Waals surface area (Å²) in [4.78, 5) is 75.3. The molecule has 10 N–H and O–H groups in total. The predicted octanol–water partition coefficient (Wildman–Crippen LogP) is -1.90. The quantitative estimate of drug-likeness (QED) is 0.120. The van der Waals surface area contributed by atoms with Crippen LogP contribution in [0.3, 0.4) is 0 Å². The van der Waals surface area contributed by atoms with Gasteiger partial charge in [0, 0.05) is 43.0 Å². The number of rotatable bonds is 16. The van der Waals surface area contributed by atoms with Gasteiger partial charge in [-0.25, -0.2) is 14.8 Å². The van der Waals surface area contributed by atoms with Gasteiger partial charge in [0.2, 0.25) is 23.6 Å². The molecule has 15 heteroatoms. The third-order valence-electron chi connectivity index (χ3n) is 5.58. The number of nitrogens with zero attached hydrogens (tertiary/aromatic N) is 2. The minimum atomic E-state index is -1.28. The Kier molecular flexibility index (Phi) is 11.4. The first-order valence-electron chi connectivity index (χ1n) is 12.1. The molecule has 15 nitrogen and oxygen atoms in total. The fourth-order valence-corrected chi connectivity index (χ4v) is 3.62. The van der Waals surface area contributed by atoms with Crippen LogP contribution in [0.2, 0.25) is 0 Å². The van der Waals surface area contributed by atoms with E-state index in [0.29, 0.717) is 11.4 Å². The third-order valence-corrected chi connectivity index (χ3v) is 5.58. The number of hydrogen-bond acceptors (Lipinski definition) is 8. The van der Waals surface area contributed by atoms with E-state index in [-0.39, 0.29) is 38.0 Å². The number of carboxylic acid groups (broad SMARTS) is 1. The highest BCUT2D eigenvalue weighted by Gasteiger charge is 2.31. The van der Waals surface area contributed by atoms with Crippen LogP contribution in [-0.2, 0) is 36.8 Å². The number of aliphatic carboxylic acids is 1. The Labute approximate surface area is 218 Å². The molecule has 4 atom stereocenters. The first kappa shape index (κ1) is 30.0. The molecule has 2 heterocycles. The number of imidazole rings is 2. The topological polar surface area (TPSA) is 251 Å². The maximum Gasteiger partial charge on any atom is 0.326 e. The molecule has 0 spiro atoms. The maximum absolute atomic E-state index is 13.2. The number of carbonyl (C=O) groups excluding carboxylic acids is 4. The fourth-order valence-electron chi connectivity index (χ4n) is 3.62. The van der Waals surface area contributed by atoms with Gasteiger partial charge in [-0.1, -0.05) is 13.8 Å². The Bertz CT molecular complexity index is 1070. The van der Waals surface area contributed by atoms with E-state index in [1.54, 1.807) is 0 Å². The number of amides is 4. The summed E-state index contributed by atoms with van der Waals surface area (Å²) in [5.41, 5.74) is 12.3. The predicted molar refractivity (Wildman–Crippen MR) is 134 cm³/mol. The number of aromatic amines is 2. The van der Waals surface area contributed by atoms with Crippen LogP contribution in [0.1, 0.15) is 44.5 Å². The number of carbonyl (C=O) groups is 5. The summed E-state index contributed by atoms with van der Waals surface area (Å²) in [6, 6.07) is -4.63. The van der Waals surface area contributed by atoms with E-state index in [4.69, 9.17) is 11.5 Å². The molecule has 0 saturated heterocycles. The number of nitrogens with two attached hydrogens (primary N) is 2. The lowest BCUT2D eigenvalue weighted by molar-refractivity contribution is -0.142. The van der Waals surface area contributed by atoms with Crippen LogP contribution in [0.25, 0.3) is 0 Å². The summed E-state index contributed by atoms with van der Waals surface area (Å²) in [7, 11) is 0. The number of nitrogens with one attached hydrogen (secondary N) is 5. The van der Waals surface area contributed by atoms with Gasteiger partial charge in [-0.15, -0.1) is 0 Å². The van der Waals surface area contributed by atoms with Crippen molar-refractivity contribution in [1.29, 1.82) is 0 Å². The van der Waals surface area contributed by atoms with Gasteiger partial charge in [0.05, 0.1) is 18.7 Å². The average molecular weight is 534 g/mol. The lowest BCUT2D eigenvalue weighted by Gasteiger charge is -2.26. The van der Waals surface area contributed by atoms with E-state index >= 15 is 0 Å². The minimum absolute atomic E-state index is 0.0467. The summed E-state index contributed by atoms with van der Waals surface area (Å²) in [6.45, 7) is 3.65. The van der Waals surface area contributed by atoms with E-state index in [1.165, 1.54) is 25.0 Å². The van der Waals surface area contributed by atoms with Gasteiger partial charge in [-0.05, 0) is 18.8 Å². The molecule has 2 aromatic heterocycles. The summed E-state index contributed by atoms with van der Waals surface area (Å²) < 4.78 is 0. The van der Waals surface area contributed by atoms with Crippen LogP contribution < -0.4 is 27.4 Å². The van der Waals surface area contributed by atoms with Crippen molar-refractivity contribution in [2.45, 2.75) is 70.1 Å². The van der Waals surface area contributed by atoms with Crippen molar-refractivity contribution < 1.29 is 29.1 Å². The van der Waals surface area contributed by atoms with E-state index in [0.717, 1.165) is 0 Å². The maximum atomic E-state index is 13.2. The smallest absolute Gasteiger partial charge is 0.326 e. The Morgan fingerprint density at radius 1 is 0.868 bits per heavy atom. The molecule has 2 rings (SSSR count). The molecule has 0 aliphatic heterocycles. The fraction of sp³-hybridized carbons (Fsp3) is 0.522. The van der Waals surface area contributed by atoms with Crippen molar-refractivity contribution in [2.24, 2.45) is 17.4 Å². The van der Waals surface area contributed by atoms with Gasteiger partial charge >= 0.3 is 5.97 Å². The number of H-pyrrole nitrogens is 2. The molecule has 0 radical (unpaired) electrons. The summed E-state index contributed by atoms with van der Waals surface area (Å²) in [6.07, 6.45) is 5.71. The zero-order chi connectivity index (χ0) is 28.2. The zero-order valence-electron chi connectivity index (χ0n) is 21.3. The molecule has 2 aromatic rings. The second kappa shape index (κ2) is 14.5. The molecule has 0 aliphatic carbocycles. The molecule has 0 bridgehead atoms. The van der Waals surface area contributed by atoms with Crippen LogP contribution in [0.5, 0.6) is 0 Å². The number of hydrogen-bond donors (Lipinski definition) is 8. The lowest BCUT2D eigenvalue weighted by atomic mass is 10.0. The van der Waals surface area contributed by atoms with E-state index in [9.17, 15) is 29.1 Å². The zero-order valence-corrected chi connectivity index (χ0v) is 21.3. The molecule has 0 aliphatic rings. The van der Waals surface area contributed by atoms with Crippen molar-refractivity contribution in [3.8, 4) is 0 Å². The second-order valence-electron chi connectivity index (χ2n) is 9.32. The highest BCUT2D eigenvalue weighted by molar-refractivity contribution is 5.94. The Morgan fingerprint density at radius 2 is 1.39 bits per heavy atom. The van der Waals surface area contributed by atoms with Crippen LogP contribution in [0.4, 0.5) is 0 Å². The van der Waals surface area contributed by atoms with Crippen molar-refractivity contribution in [1.82, 2.24) is 35.9 Å². The van der Waals surface area contributed by atoms with Gasteiger partial charge in [-0.2, -0.15) is 0 Å². The number of carboxylic acids is 1. The third kappa shape index (κ3) is 10.0. The Hall–Kier alpha value is -4.27. The molecule has 0 aromatic carbocycles. The SMILES string of the molecule is CC(C)CC(NC(=O)C(CCC(N)=O)NC(=O)C(N)Cc1cnc[nH]1)C(=O)NC(Cc1cnc[nH]1)C(=O)O. The van der Waals surface area contributed by atoms with E-state index in [1.807, 2.05) is 13.8 Å². The lowest BCUT2D eigenvalue weighted by Crippen LogP contribution is -2.57. The normalized spacial score (nSPS) is 14.2. The van der Waals surface area contributed by atoms with Gasteiger partial charge in [0.15, 0.2) is 0 Å². The molecule has 0 saturated carbocycles. The van der Waals surface area contributed by atoms with Gasteiger partial charge in [0.25, 0.3) is 0 Å². The van der Waals surface area contributed by atoms with Crippen LogP contribution in [0, 0.1) is 5.92 Å². The standard InChI is InChI=1S/C23H35N9O6/c1-12(2)5-17(22(36)32-18(23(37)38)7-14-9-27-11-29-14)31-21(35)16(3-4-19(25)33)30-20(34)15(24)6-13-8-26-10-28-13/h8-12,15-18H,3-7,24H2,1-2H3,(H2,25,33)(H,26,28)(H,27,29)(H,30,34)(H,31,35)(H,32,36)(H,37,38). The van der Waals surface area contributed by atoms with Gasteiger partial charge in [-0.3, -0.25) is 19.2 Å². The average Bonchev–Trinajstić information content (AvgIpc) is 3.54. The highest BCUT2D eigenvalue weighted by atomic mass is 16.4. The first-order valence-corrected chi connectivity index (χ1v) is 12.1. The van der Waals surface area contributed by atoms with Crippen LogP contribution in [-0.4, -0.2) is 78.8 Å². The number of primary amides is 1. The molecule has 0 fully saturated rings.